The van der Waals surface area contributed by atoms with E-state index in [4.69, 9.17) is 15.2 Å². The summed E-state index contributed by atoms with van der Waals surface area (Å²) < 4.78 is 1.59. The monoisotopic (exact) mass is 630 g/mol. The number of thioether (sulfide) groups is 1. The number of para-hydroxylation sites is 1. The highest BCUT2D eigenvalue weighted by atomic mass is 32.2. The molecule has 10 heteroatoms. The van der Waals surface area contributed by atoms with E-state index in [2.05, 4.69) is 25.8 Å². The molecule has 4 heterocycles. The van der Waals surface area contributed by atoms with Gasteiger partial charge in [-0.25, -0.2) is 9.99 Å². The molecule has 0 radical (unpaired) electrons. The Bertz CT molecular complexity index is 2120. The van der Waals surface area contributed by atoms with Crippen molar-refractivity contribution in [3.63, 3.8) is 0 Å². The SMILES string of the molecule is CC(C)(C)c1ccc(-c2nn3c(SCC(=O)N4N=C(c5ccccc5)CC4c4cccs4)nc4ccccc4c3nc2=O)cc1. The molecule has 1 aliphatic rings. The summed E-state index contributed by atoms with van der Waals surface area (Å²) in [5, 5.41) is 14.4. The quantitative estimate of drug-likeness (QED) is 0.110. The van der Waals surface area contributed by atoms with Crippen molar-refractivity contribution in [2.45, 2.75) is 43.8 Å². The molecule has 0 spiro atoms. The number of nitrogens with zero attached hydrogens (tertiary/aromatic N) is 6. The molecule has 8 nitrogen and oxygen atoms in total. The van der Waals surface area contributed by atoms with E-state index in [1.807, 2.05) is 96.4 Å². The molecule has 224 valence electrons. The van der Waals surface area contributed by atoms with Gasteiger partial charge in [0, 0.05) is 22.2 Å². The lowest BCUT2D eigenvalue weighted by atomic mass is 9.86. The smallest absolute Gasteiger partial charge is 0.272 e. The fourth-order valence-corrected chi connectivity index (χ4v) is 7.06. The van der Waals surface area contributed by atoms with E-state index in [9.17, 15) is 9.59 Å². The van der Waals surface area contributed by atoms with Gasteiger partial charge < -0.3 is 0 Å². The Hall–Kier alpha value is -4.67. The first-order valence-corrected chi connectivity index (χ1v) is 16.5. The van der Waals surface area contributed by atoms with Crippen molar-refractivity contribution in [3.8, 4) is 11.3 Å². The molecule has 0 fully saturated rings. The molecule has 3 aromatic carbocycles. The van der Waals surface area contributed by atoms with Gasteiger partial charge in [0.15, 0.2) is 16.5 Å². The van der Waals surface area contributed by atoms with E-state index >= 15 is 0 Å². The second-order valence-electron chi connectivity index (χ2n) is 11.9. The Kier molecular flexibility index (Phi) is 7.55. The Morgan fingerprint density at radius 3 is 2.40 bits per heavy atom. The van der Waals surface area contributed by atoms with E-state index in [0.29, 0.717) is 33.7 Å². The first kappa shape index (κ1) is 29.1. The summed E-state index contributed by atoms with van der Waals surface area (Å²) in [6, 6.07) is 29.2. The van der Waals surface area contributed by atoms with Crippen molar-refractivity contribution in [2.24, 2.45) is 5.10 Å². The van der Waals surface area contributed by atoms with Crippen molar-refractivity contribution >= 4 is 51.3 Å². The van der Waals surface area contributed by atoms with E-state index in [-0.39, 0.29) is 28.8 Å². The van der Waals surface area contributed by atoms with Crippen molar-refractivity contribution in [3.05, 3.63) is 123 Å². The van der Waals surface area contributed by atoms with Crippen LogP contribution in [-0.4, -0.2) is 42.0 Å². The number of hydrogen-bond acceptors (Lipinski definition) is 8. The van der Waals surface area contributed by atoms with Crippen LogP contribution >= 0.6 is 23.1 Å². The summed E-state index contributed by atoms with van der Waals surface area (Å²) in [5.74, 6) is -0.0588. The first-order chi connectivity index (χ1) is 21.8. The highest BCUT2D eigenvalue weighted by Gasteiger charge is 2.34. The highest BCUT2D eigenvalue weighted by molar-refractivity contribution is 7.99. The van der Waals surface area contributed by atoms with E-state index in [1.165, 1.54) is 11.8 Å². The van der Waals surface area contributed by atoms with Crippen molar-refractivity contribution in [1.82, 2.24) is 24.6 Å². The summed E-state index contributed by atoms with van der Waals surface area (Å²) in [5.41, 5.74) is 4.58. The number of benzene rings is 3. The predicted octanol–water partition coefficient (Wildman–Crippen LogP) is 7.13. The third kappa shape index (κ3) is 5.67. The van der Waals surface area contributed by atoms with Crippen LogP contribution in [0.1, 0.15) is 49.2 Å². The summed E-state index contributed by atoms with van der Waals surface area (Å²) in [6.07, 6.45) is 0.641. The average molecular weight is 631 g/mol. The lowest BCUT2D eigenvalue weighted by Crippen LogP contribution is -2.28. The molecular weight excluding hydrogens is 601 g/mol. The predicted molar refractivity (Wildman–Crippen MR) is 181 cm³/mol. The average Bonchev–Trinajstić information content (AvgIpc) is 3.74. The van der Waals surface area contributed by atoms with E-state index in [0.717, 1.165) is 21.7 Å². The van der Waals surface area contributed by atoms with E-state index < -0.39 is 5.56 Å². The Balaban J connectivity index is 1.25. The molecule has 1 unspecified atom stereocenters. The van der Waals surface area contributed by atoms with Crippen LogP contribution in [0.2, 0.25) is 0 Å². The maximum absolute atomic E-state index is 13.8. The van der Waals surface area contributed by atoms with Crippen LogP contribution in [0.5, 0.6) is 0 Å². The van der Waals surface area contributed by atoms with Crippen molar-refractivity contribution in [2.75, 3.05) is 5.75 Å². The minimum atomic E-state index is -0.416. The lowest BCUT2D eigenvalue weighted by molar-refractivity contribution is -0.130. The third-order valence-electron chi connectivity index (χ3n) is 7.85. The number of rotatable bonds is 6. The van der Waals surface area contributed by atoms with Crippen LogP contribution < -0.4 is 5.56 Å². The number of carbonyl (C=O) groups is 1. The van der Waals surface area contributed by atoms with Gasteiger partial charge in [0.05, 0.1) is 23.0 Å². The largest absolute Gasteiger partial charge is 0.300 e. The molecule has 0 bridgehead atoms. The Morgan fingerprint density at radius 2 is 1.67 bits per heavy atom. The normalized spacial score (nSPS) is 15.1. The van der Waals surface area contributed by atoms with Crippen LogP contribution in [0.4, 0.5) is 0 Å². The van der Waals surface area contributed by atoms with Gasteiger partial charge >= 0.3 is 0 Å². The second-order valence-corrected chi connectivity index (χ2v) is 13.8. The highest BCUT2D eigenvalue weighted by Crippen LogP contribution is 2.36. The van der Waals surface area contributed by atoms with Gasteiger partial charge in [-0.15, -0.1) is 11.3 Å². The molecule has 0 saturated carbocycles. The summed E-state index contributed by atoms with van der Waals surface area (Å²) in [4.78, 5) is 37.6. The maximum atomic E-state index is 13.8. The molecule has 0 saturated heterocycles. The Morgan fingerprint density at radius 1 is 0.911 bits per heavy atom. The van der Waals surface area contributed by atoms with Gasteiger partial charge in [-0.05, 0) is 40.1 Å². The van der Waals surface area contributed by atoms with Crippen LogP contribution in [0.3, 0.4) is 0 Å². The van der Waals surface area contributed by atoms with Gasteiger partial charge in [0.25, 0.3) is 11.5 Å². The summed E-state index contributed by atoms with van der Waals surface area (Å²) in [6.45, 7) is 6.44. The zero-order valence-corrected chi connectivity index (χ0v) is 26.7. The number of hydrogen-bond donors (Lipinski definition) is 0. The lowest BCUT2D eigenvalue weighted by Gasteiger charge is -2.20. The number of hydrazone groups is 1. The zero-order valence-electron chi connectivity index (χ0n) is 25.0. The molecule has 7 rings (SSSR count). The first-order valence-electron chi connectivity index (χ1n) is 14.7. The molecule has 1 amide bonds. The maximum Gasteiger partial charge on any atom is 0.300 e. The molecule has 3 aromatic heterocycles. The van der Waals surface area contributed by atoms with Crippen LogP contribution in [0, 0.1) is 0 Å². The minimum Gasteiger partial charge on any atom is -0.272 e. The van der Waals surface area contributed by atoms with Gasteiger partial charge in [0.2, 0.25) is 0 Å². The van der Waals surface area contributed by atoms with Gasteiger partial charge in [-0.1, -0.05) is 105 Å². The molecular formula is C35H30N6O2S2. The number of aromatic nitrogens is 4. The standard InChI is InChI=1S/C35H30N6O2S2/c1-35(2,3)24-17-15-23(16-18-24)31-33(43)37-32-25-12-7-8-13-26(25)36-34(41(32)39-31)45-21-30(42)40-28(29-14-9-19-44-29)20-27(38-40)22-10-5-4-6-11-22/h4-19,28H,20-21H2,1-3H3. The number of fused-ring (bicyclic) bond motifs is 3. The third-order valence-corrected chi connectivity index (χ3v) is 9.73. The molecule has 45 heavy (non-hydrogen) atoms. The number of carbonyl (C=O) groups excluding carboxylic acids is 1. The van der Waals surface area contributed by atoms with Gasteiger partial charge in [0.1, 0.15) is 0 Å². The fourth-order valence-electron chi connectivity index (χ4n) is 5.45. The van der Waals surface area contributed by atoms with E-state index in [1.54, 1.807) is 20.9 Å². The summed E-state index contributed by atoms with van der Waals surface area (Å²) in [7, 11) is 0. The number of amides is 1. The zero-order chi connectivity index (χ0) is 31.1. The molecule has 6 aromatic rings. The summed E-state index contributed by atoms with van der Waals surface area (Å²) >= 11 is 2.88. The van der Waals surface area contributed by atoms with Crippen molar-refractivity contribution in [1.29, 1.82) is 0 Å². The van der Waals surface area contributed by atoms with Crippen LogP contribution in [-0.2, 0) is 10.2 Å². The molecule has 1 atom stereocenters. The van der Waals surface area contributed by atoms with Crippen LogP contribution in [0.15, 0.2) is 111 Å². The Labute approximate surface area is 268 Å². The van der Waals surface area contributed by atoms with Gasteiger partial charge in [-0.3, -0.25) is 9.59 Å². The van der Waals surface area contributed by atoms with Crippen LogP contribution in [0.25, 0.3) is 27.8 Å². The molecule has 0 aliphatic carbocycles. The fraction of sp³-hybridized carbons (Fsp3) is 0.200. The number of thiophene rings is 1. The topological polar surface area (TPSA) is 92.8 Å². The minimum absolute atomic E-state index is 0.0222. The van der Waals surface area contributed by atoms with Crippen molar-refractivity contribution < 1.29 is 4.79 Å². The molecule has 0 N–H and O–H groups in total. The molecule has 1 aliphatic heterocycles. The van der Waals surface area contributed by atoms with Gasteiger partial charge in [-0.2, -0.15) is 19.7 Å². The second kappa shape index (κ2) is 11.7.